The van der Waals surface area contributed by atoms with Gasteiger partial charge in [0, 0.05) is 52.4 Å². The number of hydrogen-bond donors (Lipinski definition) is 2. The van der Waals surface area contributed by atoms with Gasteiger partial charge in [-0.1, -0.05) is 29.3 Å². The van der Waals surface area contributed by atoms with Crippen molar-refractivity contribution < 1.29 is 4.79 Å². The summed E-state index contributed by atoms with van der Waals surface area (Å²) in [5, 5.41) is 4.25. The number of nitrogens with one attached hydrogen (secondary N) is 2. The SMILES string of the molecule is Cc1ccc2[nH]c3c(c(=O)c2c1)CN(CC(=O)Nc1cccc(Cl)c1C)CC3. The molecule has 0 atom stereocenters. The smallest absolute Gasteiger partial charge is 0.238 e. The highest BCUT2D eigenvalue weighted by Gasteiger charge is 2.22. The van der Waals surface area contributed by atoms with E-state index in [2.05, 4.69) is 10.3 Å². The Morgan fingerprint density at radius 3 is 2.89 bits per heavy atom. The van der Waals surface area contributed by atoms with Crippen LogP contribution < -0.4 is 10.7 Å². The van der Waals surface area contributed by atoms with E-state index in [-0.39, 0.29) is 17.9 Å². The summed E-state index contributed by atoms with van der Waals surface area (Å²) in [4.78, 5) is 30.9. The Hall–Kier alpha value is -2.63. The van der Waals surface area contributed by atoms with Crippen LogP contribution in [0.5, 0.6) is 0 Å². The zero-order valence-electron chi connectivity index (χ0n) is 15.9. The Bertz CT molecular complexity index is 1140. The van der Waals surface area contributed by atoms with Crippen molar-refractivity contribution in [3.05, 3.63) is 74.0 Å². The highest BCUT2D eigenvalue weighted by atomic mass is 35.5. The number of nitrogens with zero attached hydrogens (tertiary/aromatic N) is 1. The van der Waals surface area contributed by atoms with Crippen molar-refractivity contribution in [1.29, 1.82) is 0 Å². The Morgan fingerprint density at radius 1 is 1.25 bits per heavy atom. The first-order chi connectivity index (χ1) is 13.4. The molecule has 6 heteroatoms. The van der Waals surface area contributed by atoms with Crippen molar-refractivity contribution in [3.8, 4) is 0 Å². The number of aromatic nitrogens is 1. The number of amides is 1. The Morgan fingerprint density at radius 2 is 2.07 bits per heavy atom. The van der Waals surface area contributed by atoms with Crippen LogP contribution in [0.2, 0.25) is 5.02 Å². The van der Waals surface area contributed by atoms with Crippen molar-refractivity contribution in [3.63, 3.8) is 0 Å². The second-order valence-corrected chi connectivity index (χ2v) is 7.79. The lowest BCUT2D eigenvalue weighted by atomic mass is 10.0. The van der Waals surface area contributed by atoms with E-state index in [0.29, 0.717) is 22.6 Å². The first-order valence-corrected chi connectivity index (χ1v) is 9.72. The fourth-order valence-corrected chi connectivity index (χ4v) is 3.89. The van der Waals surface area contributed by atoms with E-state index >= 15 is 0 Å². The number of rotatable bonds is 3. The number of aryl methyl sites for hydroxylation is 1. The number of carbonyl (C=O) groups excluding carboxylic acids is 1. The summed E-state index contributed by atoms with van der Waals surface area (Å²) in [6.07, 6.45) is 0.720. The van der Waals surface area contributed by atoms with Crippen LogP contribution in [-0.2, 0) is 17.8 Å². The third-order valence-electron chi connectivity index (χ3n) is 5.31. The Kier molecular flexibility index (Phi) is 4.96. The maximum absolute atomic E-state index is 13.0. The van der Waals surface area contributed by atoms with Gasteiger partial charge in [-0.05, 0) is 43.7 Å². The summed E-state index contributed by atoms with van der Waals surface area (Å²) >= 11 is 6.12. The monoisotopic (exact) mass is 395 g/mol. The third-order valence-corrected chi connectivity index (χ3v) is 5.72. The number of pyridine rings is 1. The lowest BCUT2D eigenvalue weighted by molar-refractivity contribution is -0.117. The molecule has 0 saturated heterocycles. The quantitative estimate of drug-likeness (QED) is 0.709. The summed E-state index contributed by atoms with van der Waals surface area (Å²) in [5.74, 6) is -0.109. The van der Waals surface area contributed by atoms with Gasteiger partial charge in [0.1, 0.15) is 0 Å². The van der Waals surface area contributed by atoms with Crippen LogP contribution >= 0.6 is 11.6 Å². The molecule has 0 aliphatic carbocycles. The number of benzene rings is 2. The minimum Gasteiger partial charge on any atom is -0.358 e. The van der Waals surface area contributed by atoms with Gasteiger partial charge in [-0.25, -0.2) is 0 Å². The molecule has 2 heterocycles. The Balaban J connectivity index is 1.53. The highest BCUT2D eigenvalue weighted by molar-refractivity contribution is 6.31. The van der Waals surface area contributed by atoms with E-state index in [9.17, 15) is 9.59 Å². The molecule has 1 aliphatic rings. The highest BCUT2D eigenvalue weighted by Crippen LogP contribution is 2.23. The molecule has 144 valence electrons. The van der Waals surface area contributed by atoms with Crippen molar-refractivity contribution >= 4 is 34.1 Å². The van der Waals surface area contributed by atoms with E-state index in [1.54, 1.807) is 6.07 Å². The van der Waals surface area contributed by atoms with Crippen LogP contribution in [0.4, 0.5) is 5.69 Å². The summed E-state index contributed by atoms with van der Waals surface area (Å²) in [6, 6.07) is 11.3. The molecule has 0 bridgehead atoms. The lowest BCUT2D eigenvalue weighted by Crippen LogP contribution is -2.39. The molecule has 4 rings (SSSR count). The molecule has 2 aromatic carbocycles. The summed E-state index contributed by atoms with van der Waals surface area (Å²) in [5.41, 5.74) is 5.29. The first-order valence-electron chi connectivity index (χ1n) is 9.34. The summed E-state index contributed by atoms with van der Waals surface area (Å²) in [7, 11) is 0. The second-order valence-electron chi connectivity index (χ2n) is 7.38. The van der Waals surface area contributed by atoms with Gasteiger partial charge < -0.3 is 10.3 Å². The van der Waals surface area contributed by atoms with Crippen LogP contribution in [0.1, 0.15) is 22.4 Å². The molecule has 1 aromatic heterocycles. The molecular weight excluding hydrogens is 374 g/mol. The van der Waals surface area contributed by atoms with Crippen LogP contribution in [0.15, 0.2) is 41.2 Å². The average Bonchev–Trinajstić information content (AvgIpc) is 2.67. The van der Waals surface area contributed by atoms with E-state index in [1.165, 1.54) is 0 Å². The van der Waals surface area contributed by atoms with Gasteiger partial charge in [0.05, 0.1) is 6.54 Å². The predicted molar refractivity (Wildman–Crippen MR) is 113 cm³/mol. The third kappa shape index (κ3) is 3.55. The number of fused-ring (bicyclic) bond motifs is 2. The molecule has 28 heavy (non-hydrogen) atoms. The van der Waals surface area contributed by atoms with Gasteiger partial charge in [-0.2, -0.15) is 0 Å². The van der Waals surface area contributed by atoms with Gasteiger partial charge in [0.15, 0.2) is 5.43 Å². The number of hydrogen-bond acceptors (Lipinski definition) is 3. The number of aromatic amines is 1. The minimum absolute atomic E-state index is 0.0586. The van der Waals surface area contributed by atoms with E-state index in [0.717, 1.165) is 40.9 Å². The maximum Gasteiger partial charge on any atom is 0.238 e. The first kappa shape index (κ1) is 18.7. The molecule has 2 N–H and O–H groups in total. The number of anilines is 1. The summed E-state index contributed by atoms with van der Waals surface area (Å²) in [6.45, 7) is 5.28. The van der Waals surface area contributed by atoms with Crippen LogP contribution in [0, 0.1) is 13.8 Å². The van der Waals surface area contributed by atoms with Crippen LogP contribution in [0.25, 0.3) is 10.9 Å². The van der Waals surface area contributed by atoms with Crippen molar-refractivity contribution in [1.82, 2.24) is 9.88 Å². The lowest BCUT2D eigenvalue weighted by Gasteiger charge is -2.28. The molecule has 1 amide bonds. The molecule has 1 aliphatic heterocycles. The molecule has 0 radical (unpaired) electrons. The van der Waals surface area contributed by atoms with Crippen LogP contribution in [-0.4, -0.2) is 28.9 Å². The van der Waals surface area contributed by atoms with Crippen molar-refractivity contribution in [2.24, 2.45) is 0 Å². The fourth-order valence-electron chi connectivity index (χ4n) is 3.72. The van der Waals surface area contributed by atoms with Gasteiger partial charge in [0.2, 0.25) is 5.91 Å². The number of halogens is 1. The van der Waals surface area contributed by atoms with Gasteiger partial charge in [-0.3, -0.25) is 14.5 Å². The predicted octanol–water partition coefficient (Wildman–Crippen LogP) is 3.80. The molecule has 0 saturated carbocycles. The standard InChI is InChI=1S/C22H22ClN3O2/c1-13-6-7-19-15(10-13)22(28)16-11-26(9-8-20(16)24-19)12-21(27)25-18-5-3-4-17(23)14(18)2/h3-7,10H,8-9,11-12H2,1-2H3,(H,24,28)(H,25,27). The van der Waals surface area contributed by atoms with Gasteiger partial charge in [-0.15, -0.1) is 0 Å². The zero-order valence-corrected chi connectivity index (χ0v) is 16.7. The normalized spacial score (nSPS) is 14.1. The number of carbonyl (C=O) groups is 1. The number of H-pyrrole nitrogens is 1. The van der Waals surface area contributed by atoms with E-state index < -0.39 is 0 Å². The fraction of sp³-hybridized carbons (Fsp3) is 0.273. The Labute approximate surface area is 168 Å². The minimum atomic E-state index is -0.109. The van der Waals surface area contributed by atoms with Gasteiger partial charge >= 0.3 is 0 Å². The van der Waals surface area contributed by atoms with E-state index in [1.807, 2.05) is 49.1 Å². The molecule has 5 nitrogen and oxygen atoms in total. The molecule has 0 fully saturated rings. The van der Waals surface area contributed by atoms with Gasteiger partial charge in [0.25, 0.3) is 0 Å². The van der Waals surface area contributed by atoms with E-state index in [4.69, 9.17) is 11.6 Å². The van der Waals surface area contributed by atoms with Crippen molar-refractivity contribution in [2.75, 3.05) is 18.4 Å². The molecule has 3 aromatic rings. The molecule has 0 spiro atoms. The van der Waals surface area contributed by atoms with Crippen LogP contribution in [0.3, 0.4) is 0 Å². The maximum atomic E-state index is 13.0. The largest absolute Gasteiger partial charge is 0.358 e. The van der Waals surface area contributed by atoms with Crippen molar-refractivity contribution in [2.45, 2.75) is 26.8 Å². The zero-order chi connectivity index (χ0) is 19.8. The second kappa shape index (κ2) is 7.41. The average molecular weight is 396 g/mol. The summed E-state index contributed by atoms with van der Waals surface area (Å²) < 4.78 is 0. The topological polar surface area (TPSA) is 65.2 Å². The molecular formula is C22H22ClN3O2. The molecule has 0 unspecified atom stereocenters.